The summed E-state index contributed by atoms with van der Waals surface area (Å²) in [5.41, 5.74) is 3.83. The second kappa shape index (κ2) is 5.39. The van der Waals surface area contributed by atoms with Crippen molar-refractivity contribution < 1.29 is 19.1 Å². The molecule has 0 saturated heterocycles. The van der Waals surface area contributed by atoms with E-state index in [1.807, 2.05) is 0 Å². The second-order valence-electron chi connectivity index (χ2n) is 5.54. The van der Waals surface area contributed by atoms with Crippen LogP contribution in [0.25, 0.3) is 0 Å². The summed E-state index contributed by atoms with van der Waals surface area (Å²) in [5, 5.41) is 2.79. The van der Waals surface area contributed by atoms with Crippen LogP contribution in [0.2, 0.25) is 0 Å². The van der Waals surface area contributed by atoms with Gasteiger partial charge in [-0.05, 0) is 38.5 Å². The maximum absolute atomic E-state index is 12.5. The molecule has 6 nitrogen and oxygen atoms in total. The first-order chi connectivity index (χ1) is 10.9. The number of hydrogen-bond donors (Lipinski definition) is 2. The Morgan fingerprint density at radius 1 is 1.26 bits per heavy atom. The lowest BCUT2D eigenvalue weighted by Crippen LogP contribution is -2.15. The predicted molar refractivity (Wildman–Crippen MR) is 83.8 cm³/mol. The molecule has 1 aromatic carbocycles. The van der Waals surface area contributed by atoms with E-state index in [-0.39, 0.29) is 24.3 Å². The Hall–Kier alpha value is -2.89. The fourth-order valence-corrected chi connectivity index (χ4v) is 2.96. The number of aryl methyl sites for hydroxylation is 1. The van der Waals surface area contributed by atoms with E-state index in [2.05, 4.69) is 10.3 Å². The van der Waals surface area contributed by atoms with Crippen LogP contribution < -0.4 is 5.32 Å². The number of cyclic esters (lactones) is 1. The van der Waals surface area contributed by atoms with E-state index in [0.717, 1.165) is 0 Å². The highest BCUT2D eigenvalue weighted by atomic mass is 16.5. The average molecular weight is 312 g/mol. The molecule has 3 rings (SSSR count). The van der Waals surface area contributed by atoms with Gasteiger partial charge in [0.05, 0.1) is 5.56 Å². The molecule has 1 amide bonds. The lowest BCUT2D eigenvalue weighted by molar-refractivity contribution is 0.0535. The van der Waals surface area contributed by atoms with E-state index in [1.165, 1.54) is 6.92 Å². The van der Waals surface area contributed by atoms with Crippen molar-refractivity contribution in [3.63, 3.8) is 0 Å². The highest BCUT2D eigenvalue weighted by Crippen LogP contribution is 2.28. The van der Waals surface area contributed by atoms with Crippen LogP contribution in [-0.2, 0) is 11.3 Å². The number of amides is 1. The summed E-state index contributed by atoms with van der Waals surface area (Å²) in [7, 11) is 0. The first-order valence-electron chi connectivity index (χ1n) is 7.20. The zero-order valence-electron chi connectivity index (χ0n) is 13.1. The van der Waals surface area contributed by atoms with E-state index in [4.69, 9.17) is 4.74 Å². The predicted octanol–water partition coefficient (Wildman–Crippen LogP) is 2.76. The third kappa shape index (κ3) is 2.42. The van der Waals surface area contributed by atoms with Gasteiger partial charge in [0.15, 0.2) is 5.78 Å². The lowest BCUT2D eigenvalue weighted by atomic mass is 10.1. The number of benzene rings is 1. The third-order valence-corrected chi connectivity index (χ3v) is 4.01. The van der Waals surface area contributed by atoms with Crippen molar-refractivity contribution in [3.8, 4) is 0 Å². The lowest BCUT2D eigenvalue weighted by Gasteiger charge is -2.08. The molecule has 0 unspecified atom stereocenters. The van der Waals surface area contributed by atoms with Gasteiger partial charge < -0.3 is 15.0 Å². The number of Topliss-reactive ketones (excluding diaryl/α,β-unsaturated/α-hetero) is 1. The second-order valence-corrected chi connectivity index (χ2v) is 5.54. The Morgan fingerprint density at radius 2 is 2.00 bits per heavy atom. The minimum atomic E-state index is -0.387. The molecule has 0 aliphatic carbocycles. The van der Waals surface area contributed by atoms with Gasteiger partial charge in [-0.1, -0.05) is 6.07 Å². The van der Waals surface area contributed by atoms with Crippen LogP contribution in [0.4, 0.5) is 5.69 Å². The zero-order chi connectivity index (χ0) is 16.7. The number of rotatable bonds is 3. The van der Waals surface area contributed by atoms with Crippen LogP contribution >= 0.6 is 0 Å². The molecular weight excluding hydrogens is 296 g/mol. The summed E-state index contributed by atoms with van der Waals surface area (Å²) in [6.07, 6.45) is 0. The highest BCUT2D eigenvalue weighted by molar-refractivity contribution is 6.08. The molecule has 0 radical (unpaired) electrons. The van der Waals surface area contributed by atoms with Crippen LogP contribution in [-0.4, -0.2) is 22.6 Å². The largest absolute Gasteiger partial charge is 0.457 e. The molecule has 2 heterocycles. The Balaban J connectivity index is 1.94. The summed E-state index contributed by atoms with van der Waals surface area (Å²) >= 11 is 0. The van der Waals surface area contributed by atoms with Crippen molar-refractivity contribution in [1.29, 1.82) is 0 Å². The Kier molecular flexibility index (Phi) is 3.52. The van der Waals surface area contributed by atoms with Crippen molar-refractivity contribution in [3.05, 3.63) is 51.8 Å². The standard InChI is InChI=1S/C17H16N2O4/c1-8-14(10(3)20)9(2)18-15(8)16(21)19-13-6-4-5-11-12(13)7-23-17(11)22/h4-6,18H,7H2,1-3H3,(H,19,21). The van der Waals surface area contributed by atoms with Gasteiger partial charge >= 0.3 is 5.97 Å². The normalized spacial score (nSPS) is 12.7. The van der Waals surface area contributed by atoms with E-state index < -0.39 is 0 Å². The minimum Gasteiger partial charge on any atom is -0.457 e. The van der Waals surface area contributed by atoms with Gasteiger partial charge in [0.2, 0.25) is 0 Å². The number of aromatic amines is 1. The minimum absolute atomic E-state index is 0.0881. The number of esters is 1. The third-order valence-electron chi connectivity index (χ3n) is 4.01. The molecule has 0 spiro atoms. The van der Waals surface area contributed by atoms with E-state index >= 15 is 0 Å². The molecular formula is C17H16N2O4. The SMILES string of the molecule is CC(=O)c1c(C)[nH]c(C(=O)Nc2cccc3c2COC3=O)c1C. The average Bonchev–Trinajstić information content (AvgIpc) is 3.00. The van der Waals surface area contributed by atoms with Crippen molar-refractivity contribution in [1.82, 2.24) is 4.98 Å². The van der Waals surface area contributed by atoms with Gasteiger partial charge in [0.25, 0.3) is 5.91 Å². The fourth-order valence-electron chi connectivity index (χ4n) is 2.96. The Bertz CT molecular complexity index is 849. The maximum Gasteiger partial charge on any atom is 0.338 e. The van der Waals surface area contributed by atoms with Crippen molar-refractivity contribution in [2.45, 2.75) is 27.4 Å². The van der Waals surface area contributed by atoms with Gasteiger partial charge in [-0.2, -0.15) is 0 Å². The quantitative estimate of drug-likeness (QED) is 0.674. The molecule has 2 aromatic rings. The van der Waals surface area contributed by atoms with Crippen molar-refractivity contribution in [2.24, 2.45) is 0 Å². The molecule has 0 atom stereocenters. The summed E-state index contributed by atoms with van der Waals surface area (Å²) < 4.78 is 4.99. The van der Waals surface area contributed by atoms with Crippen molar-refractivity contribution >= 4 is 23.3 Å². The number of ether oxygens (including phenoxy) is 1. The molecule has 0 saturated carbocycles. The number of fused-ring (bicyclic) bond motifs is 1. The molecule has 1 aliphatic heterocycles. The summed E-state index contributed by atoms with van der Waals surface area (Å²) in [4.78, 5) is 38.7. The van der Waals surface area contributed by atoms with Gasteiger partial charge in [-0.15, -0.1) is 0 Å². The number of hydrogen-bond acceptors (Lipinski definition) is 4. The van der Waals surface area contributed by atoms with E-state index in [9.17, 15) is 14.4 Å². The number of nitrogens with one attached hydrogen (secondary N) is 2. The van der Waals surface area contributed by atoms with Crippen LogP contribution in [0.3, 0.4) is 0 Å². The summed E-state index contributed by atoms with van der Waals surface area (Å²) in [6.45, 7) is 5.11. The van der Waals surface area contributed by atoms with Crippen LogP contribution in [0.15, 0.2) is 18.2 Å². The molecule has 1 aromatic heterocycles. The fraction of sp³-hybridized carbons (Fsp3) is 0.235. The Labute approximate surface area is 132 Å². The number of carbonyl (C=O) groups excluding carboxylic acids is 3. The van der Waals surface area contributed by atoms with E-state index in [1.54, 1.807) is 32.0 Å². The smallest absolute Gasteiger partial charge is 0.338 e. The van der Waals surface area contributed by atoms with Crippen molar-refractivity contribution in [2.75, 3.05) is 5.32 Å². The first-order valence-corrected chi connectivity index (χ1v) is 7.20. The van der Waals surface area contributed by atoms with Crippen LogP contribution in [0, 0.1) is 13.8 Å². The number of ketones is 1. The molecule has 0 fully saturated rings. The first kappa shape index (κ1) is 15.0. The highest BCUT2D eigenvalue weighted by Gasteiger charge is 2.25. The van der Waals surface area contributed by atoms with Gasteiger partial charge in [-0.3, -0.25) is 9.59 Å². The zero-order valence-corrected chi connectivity index (χ0v) is 13.1. The van der Waals surface area contributed by atoms with Gasteiger partial charge in [-0.25, -0.2) is 4.79 Å². The molecule has 23 heavy (non-hydrogen) atoms. The van der Waals surface area contributed by atoms with Gasteiger partial charge in [0.1, 0.15) is 12.3 Å². The summed E-state index contributed by atoms with van der Waals surface area (Å²) in [5.74, 6) is -0.831. The maximum atomic E-state index is 12.5. The number of aromatic nitrogens is 1. The molecule has 118 valence electrons. The summed E-state index contributed by atoms with van der Waals surface area (Å²) in [6, 6.07) is 5.07. The van der Waals surface area contributed by atoms with Gasteiger partial charge in [0, 0.05) is 22.5 Å². The van der Waals surface area contributed by atoms with Crippen LogP contribution in [0.5, 0.6) is 0 Å². The monoisotopic (exact) mass is 312 g/mol. The number of carbonyl (C=O) groups is 3. The molecule has 2 N–H and O–H groups in total. The topological polar surface area (TPSA) is 88.3 Å². The molecule has 1 aliphatic rings. The number of H-pyrrole nitrogens is 1. The van der Waals surface area contributed by atoms with Crippen LogP contribution in [0.1, 0.15) is 54.9 Å². The molecule has 6 heteroatoms. The van der Waals surface area contributed by atoms with E-state index in [0.29, 0.717) is 39.3 Å². The number of anilines is 1. The molecule has 0 bridgehead atoms. The Morgan fingerprint density at radius 3 is 2.65 bits per heavy atom.